The van der Waals surface area contributed by atoms with Crippen molar-refractivity contribution in [2.75, 3.05) is 24.6 Å². The van der Waals surface area contributed by atoms with Crippen molar-refractivity contribution >= 4 is 28.5 Å². The zero-order valence-corrected chi connectivity index (χ0v) is 14.9. The number of pyridine rings is 1. The van der Waals surface area contributed by atoms with Crippen LogP contribution in [0.5, 0.6) is 5.88 Å². The van der Waals surface area contributed by atoms with Gasteiger partial charge in [0, 0.05) is 32.5 Å². The highest BCUT2D eigenvalue weighted by atomic mass is 35.5. The zero-order valence-electron chi connectivity index (χ0n) is 14.1. The number of halogens is 1. The van der Waals surface area contributed by atoms with Crippen LogP contribution in [0.4, 0.5) is 5.82 Å². The highest BCUT2D eigenvalue weighted by Gasteiger charge is 2.23. The van der Waals surface area contributed by atoms with Gasteiger partial charge < -0.3 is 14.2 Å². The molecule has 0 N–H and O–H groups in total. The second kappa shape index (κ2) is 6.88. The van der Waals surface area contributed by atoms with E-state index < -0.39 is 0 Å². The molecule has 0 spiro atoms. The van der Waals surface area contributed by atoms with Gasteiger partial charge in [-0.1, -0.05) is 11.6 Å². The fourth-order valence-corrected chi connectivity index (χ4v) is 3.48. The minimum atomic E-state index is 0.502. The van der Waals surface area contributed by atoms with Crippen LogP contribution in [0, 0.1) is 5.92 Å². The normalized spacial score (nSPS) is 15.7. The molecule has 3 aromatic heterocycles. The van der Waals surface area contributed by atoms with Gasteiger partial charge in [0.05, 0.1) is 12.0 Å². The van der Waals surface area contributed by atoms with Gasteiger partial charge in [-0.15, -0.1) is 0 Å². The quantitative estimate of drug-likeness (QED) is 0.717. The number of rotatable bonds is 4. The Morgan fingerprint density at radius 3 is 2.84 bits per heavy atom. The summed E-state index contributed by atoms with van der Waals surface area (Å²) in [6.07, 6.45) is 7.49. The standard InChI is InChI=1S/C18H20ClN5O/c1-23-8-6-14-16(23)21-12-22-17(14)24-9-4-13(5-10-24)11-25-18-15(19)3-2-7-20-18/h2-3,6-8,12-13H,4-5,9-11H2,1H3. The maximum absolute atomic E-state index is 6.09. The smallest absolute Gasteiger partial charge is 0.232 e. The molecule has 0 aliphatic carbocycles. The monoisotopic (exact) mass is 357 g/mol. The molecule has 130 valence electrons. The highest BCUT2D eigenvalue weighted by molar-refractivity contribution is 6.31. The Bertz CT molecular complexity index is 873. The predicted octanol–water partition coefficient (Wildman–Crippen LogP) is 3.31. The maximum atomic E-state index is 6.09. The largest absolute Gasteiger partial charge is 0.476 e. The van der Waals surface area contributed by atoms with Crippen molar-refractivity contribution in [1.82, 2.24) is 19.5 Å². The Kier molecular flexibility index (Phi) is 4.44. The van der Waals surface area contributed by atoms with Crippen LogP contribution in [0.15, 0.2) is 36.9 Å². The second-order valence-electron chi connectivity index (χ2n) is 6.39. The Labute approximate surface area is 151 Å². The Morgan fingerprint density at radius 2 is 2.04 bits per heavy atom. The van der Waals surface area contributed by atoms with Crippen LogP contribution < -0.4 is 9.64 Å². The Hall–Kier alpha value is -2.34. The molecule has 1 aliphatic heterocycles. The van der Waals surface area contributed by atoms with Crippen molar-refractivity contribution in [3.63, 3.8) is 0 Å². The number of hydrogen-bond donors (Lipinski definition) is 0. The van der Waals surface area contributed by atoms with Crippen LogP contribution >= 0.6 is 11.6 Å². The summed E-state index contributed by atoms with van der Waals surface area (Å²) < 4.78 is 7.83. The molecule has 7 heteroatoms. The van der Waals surface area contributed by atoms with Gasteiger partial charge in [-0.05, 0) is 37.0 Å². The van der Waals surface area contributed by atoms with Crippen LogP contribution in [-0.2, 0) is 7.05 Å². The van der Waals surface area contributed by atoms with E-state index in [1.807, 2.05) is 17.8 Å². The maximum Gasteiger partial charge on any atom is 0.232 e. The van der Waals surface area contributed by atoms with Crippen LogP contribution in [-0.4, -0.2) is 39.2 Å². The minimum Gasteiger partial charge on any atom is -0.476 e. The molecule has 4 heterocycles. The van der Waals surface area contributed by atoms with E-state index in [-0.39, 0.29) is 0 Å². The lowest BCUT2D eigenvalue weighted by molar-refractivity contribution is 0.216. The number of nitrogens with zero attached hydrogens (tertiary/aromatic N) is 5. The molecule has 0 unspecified atom stereocenters. The molecule has 0 bridgehead atoms. The number of hydrogen-bond acceptors (Lipinski definition) is 5. The van der Waals surface area contributed by atoms with Crippen molar-refractivity contribution in [2.45, 2.75) is 12.8 Å². The van der Waals surface area contributed by atoms with Gasteiger partial charge in [0.15, 0.2) is 0 Å². The molecule has 1 fully saturated rings. The van der Waals surface area contributed by atoms with E-state index in [0.717, 1.165) is 42.8 Å². The average molecular weight is 358 g/mol. The third-order valence-corrected chi connectivity index (χ3v) is 5.02. The molecule has 0 atom stereocenters. The van der Waals surface area contributed by atoms with Gasteiger partial charge in [-0.2, -0.15) is 0 Å². The SMILES string of the molecule is Cn1ccc2c(N3CCC(COc4ncccc4Cl)CC3)ncnc21. The summed E-state index contributed by atoms with van der Waals surface area (Å²) in [5.41, 5.74) is 0.972. The number of aromatic nitrogens is 4. The van der Waals surface area contributed by atoms with Crippen LogP contribution in [0.3, 0.4) is 0 Å². The van der Waals surface area contributed by atoms with E-state index >= 15 is 0 Å². The molecule has 1 aliphatic rings. The molecule has 1 saturated heterocycles. The molecule has 4 rings (SSSR count). The van der Waals surface area contributed by atoms with Crippen molar-refractivity contribution in [3.05, 3.63) is 41.9 Å². The van der Waals surface area contributed by atoms with Gasteiger partial charge in [-0.3, -0.25) is 0 Å². The van der Waals surface area contributed by atoms with Crippen LogP contribution in [0.2, 0.25) is 5.02 Å². The first kappa shape index (κ1) is 16.1. The lowest BCUT2D eigenvalue weighted by Gasteiger charge is -2.32. The molecule has 25 heavy (non-hydrogen) atoms. The minimum absolute atomic E-state index is 0.502. The Morgan fingerprint density at radius 1 is 1.20 bits per heavy atom. The fraction of sp³-hybridized carbons (Fsp3) is 0.389. The molecule has 0 radical (unpaired) electrons. The van der Waals surface area contributed by atoms with E-state index in [0.29, 0.717) is 23.4 Å². The Balaban J connectivity index is 1.39. The number of fused-ring (bicyclic) bond motifs is 1. The summed E-state index contributed by atoms with van der Waals surface area (Å²) in [5.74, 6) is 2.05. The summed E-state index contributed by atoms with van der Waals surface area (Å²) in [6, 6.07) is 5.69. The third kappa shape index (κ3) is 3.26. The van der Waals surface area contributed by atoms with Gasteiger partial charge in [0.25, 0.3) is 0 Å². The van der Waals surface area contributed by atoms with E-state index in [9.17, 15) is 0 Å². The summed E-state index contributed by atoms with van der Waals surface area (Å²) in [6.45, 7) is 2.57. The van der Waals surface area contributed by atoms with Crippen molar-refractivity contribution in [1.29, 1.82) is 0 Å². The molecule has 0 amide bonds. The van der Waals surface area contributed by atoms with Gasteiger partial charge in [0.2, 0.25) is 5.88 Å². The van der Waals surface area contributed by atoms with E-state index in [2.05, 4.69) is 25.9 Å². The first-order valence-corrected chi connectivity index (χ1v) is 8.84. The fourth-order valence-electron chi connectivity index (χ4n) is 3.30. The van der Waals surface area contributed by atoms with E-state index in [1.54, 1.807) is 24.7 Å². The molecular weight excluding hydrogens is 338 g/mol. The molecule has 0 aromatic carbocycles. The number of anilines is 1. The topological polar surface area (TPSA) is 56.1 Å². The molecule has 6 nitrogen and oxygen atoms in total. The number of aryl methyl sites for hydroxylation is 1. The highest BCUT2D eigenvalue weighted by Crippen LogP contribution is 2.28. The van der Waals surface area contributed by atoms with Crippen molar-refractivity contribution in [3.8, 4) is 5.88 Å². The summed E-state index contributed by atoms with van der Waals surface area (Å²) in [7, 11) is 2.01. The van der Waals surface area contributed by atoms with Gasteiger partial charge in [-0.25, -0.2) is 15.0 Å². The van der Waals surface area contributed by atoms with E-state index in [4.69, 9.17) is 16.3 Å². The first-order chi connectivity index (χ1) is 12.2. The number of piperidine rings is 1. The molecular formula is C18H20ClN5O. The zero-order chi connectivity index (χ0) is 17.2. The van der Waals surface area contributed by atoms with Crippen molar-refractivity contribution < 1.29 is 4.74 Å². The van der Waals surface area contributed by atoms with E-state index in [1.165, 1.54) is 0 Å². The predicted molar refractivity (Wildman–Crippen MR) is 98.2 cm³/mol. The van der Waals surface area contributed by atoms with Gasteiger partial charge >= 0.3 is 0 Å². The van der Waals surface area contributed by atoms with Crippen LogP contribution in [0.25, 0.3) is 11.0 Å². The lowest BCUT2D eigenvalue weighted by Crippen LogP contribution is -2.36. The summed E-state index contributed by atoms with van der Waals surface area (Å²) in [5, 5.41) is 1.67. The lowest BCUT2D eigenvalue weighted by atomic mass is 9.97. The second-order valence-corrected chi connectivity index (χ2v) is 6.80. The first-order valence-electron chi connectivity index (χ1n) is 8.46. The molecule has 0 saturated carbocycles. The van der Waals surface area contributed by atoms with Crippen molar-refractivity contribution in [2.24, 2.45) is 13.0 Å². The van der Waals surface area contributed by atoms with Crippen LogP contribution in [0.1, 0.15) is 12.8 Å². The molecule has 3 aromatic rings. The average Bonchev–Trinajstić information content (AvgIpc) is 3.03. The summed E-state index contributed by atoms with van der Waals surface area (Å²) >= 11 is 6.09. The third-order valence-electron chi connectivity index (χ3n) is 4.74. The van der Waals surface area contributed by atoms with Gasteiger partial charge in [0.1, 0.15) is 22.8 Å². The summed E-state index contributed by atoms with van der Waals surface area (Å²) in [4.78, 5) is 15.4. The number of ether oxygens (including phenoxy) is 1.